The minimum atomic E-state index is -0.931. The summed E-state index contributed by atoms with van der Waals surface area (Å²) in [7, 11) is 0. The molecule has 1 saturated carbocycles. The minimum absolute atomic E-state index is 0.0793. The van der Waals surface area contributed by atoms with Crippen molar-refractivity contribution in [3.63, 3.8) is 0 Å². The van der Waals surface area contributed by atoms with E-state index in [1.165, 1.54) is 6.42 Å². The highest BCUT2D eigenvalue weighted by atomic mass is 16.4. The van der Waals surface area contributed by atoms with Crippen LogP contribution in [-0.2, 0) is 4.79 Å². The molecule has 0 amide bonds. The van der Waals surface area contributed by atoms with Crippen molar-refractivity contribution in [1.82, 2.24) is 0 Å². The second-order valence-corrected chi connectivity index (χ2v) is 7.18. The molecular formula is C22H28N2O4. The lowest BCUT2D eigenvalue weighted by Crippen LogP contribution is -2.34. The fourth-order valence-corrected chi connectivity index (χ4v) is 3.53. The highest BCUT2D eigenvalue weighted by Gasteiger charge is 2.32. The van der Waals surface area contributed by atoms with Gasteiger partial charge in [0.05, 0.1) is 17.7 Å². The van der Waals surface area contributed by atoms with E-state index in [0.29, 0.717) is 12.2 Å². The predicted octanol–water partition coefficient (Wildman–Crippen LogP) is 4.50. The number of para-hydroxylation sites is 2. The van der Waals surface area contributed by atoms with Gasteiger partial charge in [-0.1, -0.05) is 49.6 Å². The standard InChI is InChI=1S/C13H11NO2.C9H17NO2/c15-13(16)11-8-4-5-9-12(11)14-10-6-2-1-3-7-10;10-7-9(6-8(11)12)4-2-1-3-5-9/h1-9,14H,(H,15,16);1-7,10H2,(H,11,12). The molecule has 5 N–H and O–H groups in total. The van der Waals surface area contributed by atoms with Crippen LogP contribution in [0, 0.1) is 5.41 Å². The number of carboxylic acid groups (broad SMARTS) is 2. The summed E-state index contributed by atoms with van der Waals surface area (Å²) in [6.07, 6.45) is 5.77. The van der Waals surface area contributed by atoms with Gasteiger partial charge in [-0.2, -0.15) is 0 Å². The van der Waals surface area contributed by atoms with Crippen LogP contribution in [0.2, 0.25) is 0 Å². The second-order valence-electron chi connectivity index (χ2n) is 7.18. The van der Waals surface area contributed by atoms with E-state index in [-0.39, 0.29) is 17.4 Å². The number of anilines is 2. The molecule has 6 heteroatoms. The molecule has 0 bridgehead atoms. The van der Waals surface area contributed by atoms with Gasteiger partial charge in [0, 0.05) is 5.69 Å². The number of hydrogen-bond donors (Lipinski definition) is 4. The molecule has 6 nitrogen and oxygen atoms in total. The van der Waals surface area contributed by atoms with Crippen molar-refractivity contribution in [2.75, 3.05) is 11.9 Å². The molecule has 1 aliphatic rings. The molecule has 150 valence electrons. The summed E-state index contributed by atoms with van der Waals surface area (Å²) in [5.74, 6) is -1.64. The number of benzene rings is 2. The fourth-order valence-electron chi connectivity index (χ4n) is 3.53. The first kappa shape index (κ1) is 21.4. The van der Waals surface area contributed by atoms with E-state index in [2.05, 4.69) is 5.32 Å². The molecule has 0 spiro atoms. The van der Waals surface area contributed by atoms with Crippen molar-refractivity contribution in [3.05, 3.63) is 60.2 Å². The molecule has 2 aromatic rings. The summed E-state index contributed by atoms with van der Waals surface area (Å²) in [6.45, 7) is 0.527. The van der Waals surface area contributed by atoms with Crippen molar-refractivity contribution in [2.24, 2.45) is 11.1 Å². The van der Waals surface area contributed by atoms with Gasteiger partial charge in [-0.15, -0.1) is 0 Å². The third-order valence-corrected chi connectivity index (χ3v) is 5.08. The molecular weight excluding hydrogens is 356 g/mol. The van der Waals surface area contributed by atoms with Gasteiger partial charge < -0.3 is 21.3 Å². The highest BCUT2D eigenvalue weighted by Crippen LogP contribution is 2.38. The van der Waals surface area contributed by atoms with Crippen molar-refractivity contribution >= 4 is 23.3 Å². The zero-order valence-electron chi connectivity index (χ0n) is 15.9. The Bertz CT molecular complexity index is 771. The van der Waals surface area contributed by atoms with Crippen LogP contribution >= 0.6 is 0 Å². The molecule has 0 saturated heterocycles. The van der Waals surface area contributed by atoms with E-state index in [0.717, 1.165) is 31.4 Å². The lowest BCUT2D eigenvalue weighted by molar-refractivity contribution is -0.140. The molecule has 3 rings (SSSR count). The summed E-state index contributed by atoms with van der Waals surface area (Å²) in [4.78, 5) is 21.5. The number of rotatable bonds is 6. The maximum absolute atomic E-state index is 11.0. The van der Waals surface area contributed by atoms with Gasteiger partial charge in [-0.05, 0) is 49.1 Å². The average molecular weight is 384 g/mol. The third-order valence-electron chi connectivity index (χ3n) is 5.08. The highest BCUT2D eigenvalue weighted by molar-refractivity contribution is 5.95. The van der Waals surface area contributed by atoms with Gasteiger partial charge in [0.15, 0.2) is 0 Å². The number of aliphatic carboxylic acids is 1. The van der Waals surface area contributed by atoms with Gasteiger partial charge in [-0.25, -0.2) is 4.79 Å². The molecule has 0 atom stereocenters. The van der Waals surface area contributed by atoms with E-state index < -0.39 is 11.9 Å². The molecule has 0 unspecified atom stereocenters. The molecule has 0 aliphatic heterocycles. The van der Waals surface area contributed by atoms with Crippen LogP contribution in [0.4, 0.5) is 11.4 Å². The zero-order chi connectivity index (χ0) is 20.4. The zero-order valence-corrected chi connectivity index (χ0v) is 15.9. The smallest absolute Gasteiger partial charge is 0.337 e. The van der Waals surface area contributed by atoms with E-state index in [9.17, 15) is 9.59 Å². The van der Waals surface area contributed by atoms with Crippen molar-refractivity contribution in [1.29, 1.82) is 0 Å². The molecule has 1 fully saturated rings. The summed E-state index contributed by atoms with van der Waals surface area (Å²) >= 11 is 0. The normalized spacial score (nSPS) is 15.0. The Kier molecular flexibility index (Phi) is 8.02. The summed E-state index contributed by atoms with van der Waals surface area (Å²) in [5.41, 5.74) is 7.28. The largest absolute Gasteiger partial charge is 0.481 e. The number of nitrogens with one attached hydrogen (secondary N) is 1. The third kappa shape index (κ3) is 6.39. The SMILES string of the molecule is NCC1(CC(=O)O)CCCCC1.O=C(O)c1ccccc1Nc1ccccc1. The van der Waals surface area contributed by atoms with Gasteiger partial charge in [0.25, 0.3) is 0 Å². The average Bonchev–Trinajstić information content (AvgIpc) is 2.70. The molecule has 2 aromatic carbocycles. The number of carboxylic acids is 2. The monoisotopic (exact) mass is 384 g/mol. The van der Waals surface area contributed by atoms with Crippen LogP contribution in [0.5, 0.6) is 0 Å². The Labute approximate surface area is 165 Å². The van der Waals surface area contributed by atoms with Gasteiger partial charge >= 0.3 is 11.9 Å². The van der Waals surface area contributed by atoms with Crippen molar-refractivity contribution in [2.45, 2.75) is 38.5 Å². The Morgan fingerprint density at radius 2 is 1.54 bits per heavy atom. The fraction of sp³-hybridized carbons (Fsp3) is 0.364. The first-order valence-corrected chi connectivity index (χ1v) is 9.52. The van der Waals surface area contributed by atoms with E-state index in [1.807, 2.05) is 30.3 Å². The van der Waals surface area contributed by atoms with Crippen molar-refractivity contribution < 1.29 is 19.8 Å². The van der Waals surface area contributed by atoms with Gasteiger partial charge in [0.1, 0.15) is 0 Å². The maximum atomic E-state index is 11.0. The molecule has 1 aliphatic carbocycles. The molecule has 0 aromatic heterocycles. The lowest BCUT2D eigenvalue weighted by atomic mass is 9.72. The summed E-state index contributed by atoms with van der Waals surface area (Å²) in [6, 6.07) is 16.3. The van der Waals surface area contributed by atoms with E-state index >= 15 is 0 Å². The molecule has 0 radical (unpaired) electrons. The quantitative estimate of drug-likeness (QED) is 0.583. The first-order chi connectivity index (χ1) is 13.5. The Morgan fingerprint density at radius 3 is 2.11 bits per heavy atom. The Morgan fingerprint density at radius 1 is 0.929 bits per heavy atom. The Balaban J connectivity index is 0.000000209. The van der Waals surface area contributed by atoms with Crippen LogP contribution in [0.1, 0.15) is 48.9 Å². The lowest BCUT2D eigenvalue weighted by Gasteiger charge is -2.34. The number of carbonyl (C=O) groups is 2. The van der Waals surface area contributed by atoms with Gasteiger partial charge in [-0.3, -0.25) is 4.79 Å². The molecule has 0 heterocycles. The van der Waals surface area contributed by atoms with Crippen LogP contribution < -0.4 is 11.1 Å². The second kappa shape index (κ2) is 10.5. The topological polar surface area (TPSA) is 113 Å². The summed E-state index contributed by atoms with van der Waals surface area (Å²) in [5, 5.41) is 20.8. The van der Waals surface area contributed by atoms with E-state index in [1.54, 1.807) is 24.3 Å². The Hall–Kier alpha value is -2.86. The first-order valence-electron chi connectivity index (χ1n) is 9.52. The number of nitrogens with two attached hydrogens (primary N) is 1. The van der Waals surface area contributed by atoms with Crippen LogP contribution in [0.3, 0.4) is 0 Å². The minimum Gasteiger partial charge on any atom is -0.481 e. The number of hydrogen-bond acceptors (Lipinski definition) is 4. The number of aromatic carboxylic acids is 1. The predicted molar refractivity (Wildman–Crippen MR) is 110 cm³/mol. The van der Waals surface area contributed by atoms with Crippen LogP contribution in [0.25, 0.3) is 0 Å². The van der Waals surface area contributed by atoms with E-state index in [4.69, 9.17) is 15.9 Å². The van der Waals surface area contributed by atoms with Crippen molar-refractivity contribution in [3.8, 4) is 0 Å². The summed E-state index contributed by atoms with van der Waals surface area (Å²) < 4.78 is 0. The van der Waals surface area contributed by atoms with Crippen LogP contribution in [0.15, 0.2) is 54.6 Å². The maximum Gasteiger partial charge on any atom is 0.337 e. The molecule has 28 heavy (non-hydrogen) atoms. The van der Waals surface area contributed by atoms with Crippen LogP contribution in [-0.4, -0.2) is 28.7 Å². The van der Waals surface area contributed by atoms with Gasteiger partial charge in [0.2, 0.25) is 0 Å².